The number of aromatic hydroxyl groups is 2. The first-order valence-corrected chi connectivity index (χ1v) is 9.73. The molecule has 0 fully saturated rings. The van der Waals surface area contributed by atoms with E-state index in [9.17, 15) is 15.0 Å². The number of carbonyl (C=O) groups is 1. The minimum Gasteiger partial charge on any atom is -0.508 e. The fourth-order valence-corrected chi connectivity index (χ4v) is 2.96. The van der Waals surface area contributed by atoms with E-state index in [-0.39, 0.29) is 29.5 Å². The zero-order valence-corrected chi connectivity index (χ0v) is 16.5. The van der Waals surface area contributed by atoms with Gasteiger partial charge in [-0.05, 0) is 48.1 Å². The Balaban J connectivity index is 2.02. The summed E-state index contributed by atoms with van der Waals surface area (Å²) in [4.78, 5) is 12.5. The molecule has 0 heterocycles. The first-order chi connectivity index (χ1) is 12.9. The first-order valence-electron chi connectivity index (χ1n) is 9.73. The number of carbonyl (C=O) groups excluding carboxylic acids is 1. The normalized spacial score (nSPS) is 11.0. The highest BCUT2D eigenvalue weighted by Crippen LogP contribution is 2.29. The Labute approximate surface area is 161 Å². The number of hydrogen-bond donors (Lipinski definition) is 2. The van der Waals surface area contributed by atoms with E-state index in [4.69, 9.17) is 4.74 Å². The van der Waals surface area contributed by atoms with Crippen LogP contribution in [0.5, 0.6) is 17.2 Å². The molecule has 0 aliphatic heterocycles. The number of phenols is 2. The lowest BCUT2D eigenvalue weighted by Gasteiger charge is -2.11. The largest absolute Gasteiger partial charge is 0.508 e. The number of hydrogen-bond acceptors (Lipinski definition) is 4. The third-order valence-electron chi connectivity index (χ3n) is 4.71. The van der Waals surface area contributed by atoms with Gasteiger partial charge in [0.15, 0.2) is 6.61 Å². The molecule has 0 aliphatic rings. The molecule has 0 aromatic heterocycles. The monoisotopic (exact) mass is 370 g/mol. The zero-order chi connectivity index (χ0) is 19.8. The number of ether oxygens (including phenoxy) is 1. The molecule has 0 aliphatic carbocycles. The van der Waals surface area contributed by atoms with Crippen molar-refractivity contribution in [3.05, 3.63) is 53.1 Å². The highest BCUT2D eigenvalue weighted by molar-refractivity contribution is 6.00. The molecule has 4 nitrogen and oxygen atoms in total. The van der Waals surface area contributed by atoms with Gasteiger partial charge in [0.2, 0.25) is 5.78 Å². The molecule has 0 amide bonds. The lowest BCUT2D eigenvalue weighted by molar-refractivity contribution is 0.0918. The minimum atomic E-state index is -0.310. The van der Waals surface area contributed by atoms with Crippen molar-refractivity contribution in [2.45, 2.75) is 58.8 Å². The summed E-state index contributed by atoms with van der Waals surface area (Å²) in [7, 11) is 0. The smallest absolute Gasteiger partial charge is 0.203 e. The average Bonchev–Trinajstić information content (AvgIpc) is 2.65. The van der Waals surface area contributed by atoms with Crippen LogP contribution in [0.3, 0.4) is 0 Å². The molecule has 2 aromatic rings. The van der Waals surface area contributed by atoms with Crippen LogP contribution in [0.2, 0.25) is 0 Å². The molecule has 0 spiro atoms. The number of rotatable bonds is 10. The molecule has 0 saturated heterocycles. The highest BCUT2D eigenvalue weighted by atomic mass is 16.5. The molecule has 27 heavy (non-hydrogen) atoms. The fourth-order valence-electron chi connectivity index (χ4n) is 2.96. The summed E-state index contributed by atoms with van der Waals surface area (Å²) in [5, 5.41) is 20.1. The Bertz CT molecular complexity index is 748. The topological polar surface area (TPSA) is 66.8 Å². The Morgan fingerprint density at radius 1 is 1.00 bits per heavy atom. The van der Waals surface area contributed by atoms with Crippen LogP contribution in [-0.4, -0.2) is 22.6 Å². The van der Waals surface area contributed by atoms with Crippen LogP contribution in [0, 0.1) is 0 Å². The van der Waals surface area contributed by atoms with Crippen LogP contribution >= 0.6 is 0 Å². The third kappa shape index (κ3) is 6.02. The second-order valence-electron chi connectivity index (χ2n) is 7.24. The molecular weight excluding hydrogens is 340 g/mol. The Morgan fingerprint density at radius 3 is 2.33 bits per heavy atom. The summed E-state index contributed by atoms with van der Waals surface area (Å²) >= 11 is 0. The molecule has 0 bridgehead atoms. The van der Waals surface area contributed by atoms with E-state index in [0.29, 0.717) is 23.7 Å². The van der Waals surface area contributed by atoms with Gasteiger partial charge in [0.25, 0.3) is 0 Å². The van der Waals surface area contributed by atoms with Crippen molar-refractivity contribution >= 4 is 5.78 Å². The number of ketones is 1. The van der Waals surface area contributed by atoms with E-state index < -0.39 is 0 Å². The van der Waals surface area contributed by atoms with Crippen molar-refractivity contribution in [1.82, 2.24) is 0 Å². The second-order valence-corrected chi connectivity index (χ2v) is 7.24. The van der Waals surface area contributed by atoms with Crippen molar-refractivity contribution < 1.29 is 19.7 Å². The number of phenolic OH excluding ortho intramolecular Hbond substituents is 2. The van der Waals surface area contributed by atoms with E-state index in [1.54, 1.807) is 6.07 Å². The van der Waals surface area contributed by atoms with Crippen LogP contribution in [0.25, 0.3) is 0 Å². The van der Waals surface area contributed by atoms with Crippen LogP contribution in [0.1, 0.15) is 73.9 Å². The van der Waals surface area contributed by atoms with Gasteiger partial charge < -0.3 is 14.9 Å². The van der Waals surface area contributed by atoms with E-state index in [2.05, 4.69) is 20.8 Å². The van der Waals surface area contributed by atoms with Gasteiger partial charge >= 0.3 is 0 Å². The van der Waals surface area contributed by atoms with Crippen LogP contribution in [-0.2, 0) is 6.42 Å². The number of Topliss-reactive ketones (excluding diaryl/α,β-unsaturated/α-hetero) is 1. The summed E-state index contributed by atoms with van der Waals surface area (Å²) in [6.07, 6.45) is 4.99. The maximum Gasteiger partial charge on any atom is 0.203 e. The van der Waals surface area contributed by atoms with E-state index >= 15 is 0 Å². The van der Waals surface area contributed by atoms with Crippen LogP contribution in [0.15, 0.2) is 36.4 Å². The summed E-state index contributed by atoms with van der Waals surface area (Å²) in [5.74, 6) is 0.561. The van der Waals surface area contributed by atoms with Gasteiger partial charge in [-0.2, -0.15) is 0 Å². The van der Waals surface area contributed by atoms with Gasteiger partial charge in [-0.25, -0.2) is 0 Å². The maximum atomic E-state index is 12.5. The summed E-state index contributed by atoms with van der Waals surface area (Å²) in [5.41, 5.74) is 2.09. The standard InChI is InChI=1S/C23H30O4/c1-4-5-6-7-8-18-13-20(22(25)14-21(18)24)23(26)15-27-19-11-9-17(10-12-19)16(2)3/h9-14,16,24-25H,4-8,15H2,1-3H3. The van der Waals surface area contributed by atoms with Crippen molar-refractivity contribution in [2.24, 2.45) is 0 Å². The minimum absolute atomic E-state index is 0.0331. The molecule has 0 radical (unpaired) electrons. The predicted octanol–water partition coefficient (Wildman–Crippen LogP) is 5.61. The Kier molecular flexibility index (Phi) is 7.71. The molecular formula is C23H30O4. The average molecular weight is 370 g/mol. The lowest BCUT2D eigenvalue weighted by atomic mass is 10.0. The molecule has 2 N–H and O–H groups in total. The molecule has 0 atom stereocenters. The third-order valence-corrected chi connectivity index (χ3v) is 4.71. The first kappa shape index (κ1) is 20.8. The van der Waals surface area contributed by atoms with Crippen molar-refractivity contribution in [2.75, 3.05) is 6.61 Å². The molecule has 2 aromatic carbocycles. The Hall–Kier alpha value is -2.49. The quantitative estimate of drug-likeness (QED) is 0.422. The van der Waals surface area contributed by atoms with E-state index in [0.717, 1.165) is 25.7 Å². The highest BCUT2D eigenvalue weighted by Gasteiger charge is 2.16. The molecule has 0 saturated carbocycles. The summed E-state index contributed by atoms with van der Waals surface area (Å²) in [6.45, 7) is 6.22. The van der Waals surface area contributed by atoms with E-state index in [1.807, 2.05) is 24.3 Å². The van der Waals surface area contributed by atoms with Crippen molar-refractivity contribution in [1.29, 1.82) is 0 Å². The van der Waals surface area contributed by atoms with Gasteiger partial charge in [-0.3, -0.25) is 4.79 Å². The van der Waals surface area contributed by atoms with Gasteiger partial charge in [-0.15, -0.1) is 0 Å². The number of unbranched alkanes of at least 4 members (excludes halogenated alkanes) is 3. The lowest BCUT2D eigenvalue weighted by Crippen LogP contribution is -2.12. The maximum absolute atomic E-state index is 12.5. The summed E-state index contributed by atoms with van der Waals surface area (Å²) in [6, 6.07) is 10.5. The van der Waals surface area contributed by atoms with Crippen LogP contribution < -0.4 is 4.74 Å². The molecule has 0 unspecified atom stereocenters. The van der Waals surface area contributed by atoms with Crippen molar-refractivity contribution in [3.8, 4) is 17.2 Å². The molecule has 2 rings (SSSR count). The zero-order valence-electron chi connectivity index (χ0n) is 16.5. The fraction of sp³-hybridized carbons (Fsp3) is 0.435. The van der Waals surface area contributed by atoms with Crippen molar-refractivity contribution in [3.63, 3.8) is 0 Å². The van der Waals surface area contributed by atoms with Gasteiger partial charge in [0.05, 0.1) is 5.56 Å². The summed E-state index contributed by atoms with van der Waals surface area (Å²) < 4.78 is 5.57. The SMILES string of the molecule is CCCCCCc1cc(C(=O)COc2ccc(C(C)C)cc2)c(O)cc1O. The Morgan fingerprint density at radius 2 is 1.70 bits per heavy atom. The number of aryl methyl sites for hydroxylation is 1. The van der Waals surface area contributed by atoms with E-state index in [1.165, 1.54) is 11.6 Å². The second kappa shape index (κ2) is 10.0. The van der Waals surface area contributed by atoms with Crippen LogP contribution in [0.4, 0.5) is 0 Å². The molecule has 146 valence electrons. The number of benzene rings is 2. The predicted molar refractivity (Wildman–Crippen MR) is 108 cm³/mol. The van der Waals surface area contributed by atoms with Gasteiger partial charge in [-0.1, -0.05) is 52.2 Å². The van der Waals surface area contributed by atoms with Gasteiger partial charge in [0, 0.05) is 6.07 Å². The molecule has 4 heteroatoms. The van der Waals surface area contributed by atoms with Gasteiger partial charge in [0.1, 0.15) is 17.2 Å².